The molecule has 2 aromatic carbocycles. The van der Waals surface area contributed by atoms with E-state index < -0.39 is 29.9 Å². The molecule has 0 aliphatic carbocycles. The number of carbonyl (C=O) groups is 3. The minimum absolute atomic E-state index is 0.0709. The van der Waals surface area contributed by atoms with Gasteiger partial charge in [0.15, 0.2) is 0 Å². The summed E-state index contributed by atoms with van der Waals surface area (Å²) in [6.07, 6.45) is -1.21. The zero-order valence-corrected chi connectivity index (χ0v) is 17.9. The normalized spacial score (nSPS) is 17.7. The number of pyridine rings is 1. The molecule has 170 valence electrons. The molecule has 2 atom stereocenters. The van der Waals surface area contributed by atoms with Crippen LogP contribution < -0.4 is 10.1 Å². The molecule has 0 unspecified atom stereocenters. The van der Waals surface area contributed by atoms with Crippen molar-refractivity contribution in [1.29, 1.82) is 0 Å². The Bertz CT molecular complexity index is 1210. The van der Waals surface area contributed by atoms with Gasteiger partial charge in [-0.25, -0.2) is 4.79 Å². The summed E-state index contributed by atoms with van der Waals surface area (Å²) in [6.45, 7) is 2.03. The number of ether oxygens (including phenoxy) is 1. The van der Waals surface area contributed by atoms with Crippen molar-refractivity contribution >= 4 is 28.9 Å². The van der Waals surface area contributed by atoms with E-state index in [-0.39, 0.29) is 13.1 Å². The van der Waals surface area contributed by atoms with Crippen molar-refractivity contribution in [2.75, 3.05) is 13.1 Å². The molecule has 0 saturated carbocycles. The Morgan fingerprint density at radius 3 is 2.52 bits per heavy atom. The third-order valence-corrected chi connectivity index (χ3v) is 5.66. The first-order chi connectivity index (χ1) is 15.8. The molecule has 1 aliphatic rings. The lowest BCUT2D eigenvalue weighted by atomic mass is 10.0. The molecule has 4 rings (SSSR count). The number of benzene rings is 2. The van der Waals surface area contributed by atoms with Gasteiger partial charge in [0.25, 0.3) is 5.91 Å². The van der Waals surface area contributed by atoms with Gasteiger partial charge in [-0.05, 0) is 43.3 Å². The number of fused-ring (bicyclic) bond motifs is 1. The van der Waals surface area contributed by atoms with E-state index in [4.69, 9.17) is 9.84 Å². The molecule has 1 aromatic heterocycles. The van der Waals surface area contributed by atoms with E-state index in [9.17, 15) is 19.5 Å². The number of likely N-dealkylation sites (tertiary alicyclic amines) is 1. The van der Waals surface area contributed by atoms with Crippen LogP contribution in [0.25, 0.3) is 10.9 Å². The van der Waals surface area contributed by atoms with Crippen molar-refractivity contribution in [3.05, 3.63) is 71.4 Å². The molecule has 0 bridgehead atoms. The zero-order chi connectivity index (χ0) is 23.5. The summed E-state index contributed by atoms with van der Waals surface area (Å²) in [4.78, 5) is 40.7. The number of amides is 2. The predicted octanol–water partition coefficient (Wildman–Crippen LogP) is 2.92. The number of nitrogens with one attached hydrogen (secondary N) is 1. The first kappa shape index (κ1) is 22.1. The first-order valence-corrected chi connectivity index (χ1v) is 10.4. The van der Waals surface area contributed by atoms with Gasteiger partial charge in [0, 0.05) is 35.3 Å². The lowest BCUT2D eigenvalue weighted by Gasteiger charge is -2.16. The average Bonchev–Trinajstić information content (AvgIpc) is 3.22. The van der Waals surface area contributed by atoms with Gasteiger partial charge < -0.3 is 25.2 Å². The number of para-hydroxylation sites is 1. The second-order valence-corrected chi connectivity index (χ2v) is 7.97. The molecular weight excluding hydrogens is 426 g/mol. The van der Waals surface area contributed by atoms with E-state index >= 15 is 0 Å². The van der Waals surface area contributed by atoms with Crippen LogP contribution in [0.5, 0.6) is 5.75 Å². The van der Waals surface area contributed by atoms with Crippen molar-refractivity contribution < 1.29 is 29.3 Å². The Kier molecular flexibility index (Phi) is 6.12. The summed E-state index contributed by atoms with van der Waals surface area (Å²) >= 11 is 0. The van der Waals surface area contributed by atoms with E-state index in [1.54, 1.807) is 24.3 Å². The number of nitrogens with zero attached hydrogens (tertiary/aromatic N) is 2. The lowest BCUT2D eigenvalue weighted by molar-refractivity contribution is -0.141. The third-order valence-electron chi connectivity index (χ3n) is 5.66. The molecule has 0 radical (unpaired) electrons. The largest absolute Gasteiger partial charge is 0.489 e. The molecule has 3 N–H and O–H groups in total. The fourth-order valence-corrected chi connectivity index (χ4v) is 3.99. The summed E-state index contributed by atoms with van der Waals surface area (Å²) < 4.78 is 5.90. The molecule has 3 aromatic rings. The van der Waals surface area contributed by atoms with E-state index in [1.165, 1.54) is 0 Å². The van der Waals surface area contributed by atoms with Crippen molar-refractivity contribution in [1.82, 2.24) is 15.2 Å². The molecule has 0 spiro atoms. The SMILES string of the molecule is Cc1cc(COc2ccc(C(=O)N[C@@H]3CN(C(=O)O)C[C@@H]3C(=O)O)cc2)c2ccccc2n1. The van der Waals surface area contributed by atoms with Gasteiger partial charge in [-0.3, -0.25) is 14.6 Å². The number of hydrogen-bond donors (Lipinski definition) is 3. The maximum absolute atomic E-state index is 12.6. The monoisotopic (exact) mass is 449 g/mol. The zero-order valence-electron chi connectivity index (χ0n) is 17.9. The fourth-order valence-electron chi connectivity index (χ4n) is 3.99. The number of aliphatic carboxylic acids is 1. The summed E-state index contributed by atoms with van der Waals surface area (Å²) in [5.74, 6) is -2.04. The van der Waals surface area contributed by atoms with Gasteiger partial charge in [0.2, 0.25) is 0 Å². The number of carboxylic acid groups (broad SMARTS) is 2. The van der Waals surface area contributed by atoms with Crippen LogP contribution in [0.4, 0.5) is 4.79 Å². The van der Waals surface area contributed by atoms with Crippen LogP contribution in [0, 0.1) is 12.8 Å². The lowest BCUT2D eigenvalue weighted by Crippen LogP contribution is -2.43. The third kappa shape index (κ3) is 4.87. The van der Waals surface area contributed by atoms with Crippen molar-refractivity contribution in [2.45, 2.75) is 19.6 Å². The van der Waals surface area contributed by atoms with Crippen LogP contribution in [0.2, 0.25) is 0 Å². The van der Waals surface area contributed by atoms with Crippen molar-refractivity contribution in [3.8, 4) is 5.75 Å². The molecule has 9 heteroatoms. The first-order valence-electron chi connectivity index (χ1n) is 10.4. The van der Waals surface area contributed by atoms with Crippen LogP contribution in [-0.2, 0) is 11.4 Å². The van der Waals surface area contributed by atoms with Gasteiger partial charge in [-0.1, -0.05) is 18.2 Å². The molecule has 1 fully saturated rings. The standard InChI is InChI=1S/C24H23N3O6/c1-14-10-16(18-4-2-3-5-20(18)25-14)13-33-17-8-6-15(7-9-17)22(28)26-21-12-27(24(31)32)11-19(21)23(29)30/h2-10,19,21H,11-13H2,1H3,(H,26,28)(H,29,30)(H,31,32)/t19-,21+/m0/s1. The maximum atomic E-state index is 12.6. The van der Waals surface area contributed by atoms with Crippen LogP contribution in [0.15, 0.2) is 54.6 Å². The fraction of sp³-hybridized carbons (Fsp3) is 0.250. The maximum Gasteiger partial charge on any atom is 0.407 e. The second-order valence-electron chi connectivity index (χ2n) is 7.97. The summed E-state index contributed by atoms with van der Waals surface area (Å²) in [5.41, 5.74) is 3.12. The highest BCUT2D eigenvalue weighted by Crippen LogP contribution is 2.22. The Hall–Kier alpha value is -4.14. The quantitative estimate of drug-likeness (QED) is 0.528. The van der Waals surface area contributed by atoms with E-state index in [0.717, 1.165) is 27.1 Å². The van der Waals surface area contributed by atoms with Crippen LogP contribution >= 0.6 is 0 Å². The summed E-state index contributed by atoms with van der Waals surface area (Å²) in [6, 6.07) is 15.5. The minimum Gasteiger partial charge on any atom is -0.489 e. The van der Waals surface area contributed by atoms with Crippen molar-refractivity contribution in [2.24, 2.45) is 5.92 Å². The molecule has 33 heavy (non-hydrogen) atoms. The highest BCUT2D eigenvalue weighted by atomic mass is 16.5. The van der Waals surface area contributed by atoms with Crippen LogP contribution in [0.1, 0.15) is 21.6 Å². The van der Waals surface area contributed by atoms with Gasteiger partial charge in [-0.15, -0.1) is 0 Å². The van der Waals surface area contributed by atoms with Gasteiger partial charge in [-0.2, -0.15) is 0 Å². The number of hydrogen-bond acceptors (Lipinski definition) is 5. The smallest absolute Gasteiger partial charge is 0.407 e. The minimum atomic E-state index is -1.21. The second kappa shape index (κ2) is 9.15. The van der Waals surface area contributed by atoms with Crippen molar-refractivity contribution in [3.63, 3.8) is 0 Å². The highest BCUT2D eigenvalue weighted by Gasteiger charge is 2.40. The average molecular weight is 449 g/mol. The molecule has 9 nitrogen and oxygen atoms in total. The molecule has 1 saturated heterocycles. The topological polar surface area (TPSA) is 129 Å². The van der Waals surface area contributed by atoms with Gasteiger partial charge in [0.1, 0.15) is 12.4 Å². The summed E-state index contributed by atoms with van der Waals surface area (Å²) in [5, 5.41) is 22.1. The molecule has 2 amide bonds. The highest BCUT2D eigenvalue weighted by molar-refractivity contribution is 5.95. The number of aromatic nitrogens is 1. The number of aryl methyl sites for hydroxylation is 1. The predicted molar refractivity (Wildman–Crippen MR) is 119 cm³/mol. The Balaban J connectivity index is 1.41. The summed E-state index contributed by atoms with van der Waals surface area (Å²) in [7, 11) is 0. The van der Waals surface area contributed by atoms with Crippen LogP contribution in [-0.4, -0.2) is 57.2 Å². The molecule has 1 aliphatic heterocycles. The molecular formula is C24H23N3O6. The van der Waals surface area contributed by atoms with Crippen LogP contribution in [0.3, 0.4) is 0 Å². The van der Waals surface area contributed by atoms with Gasteiger partial charge >= 0.3 is 12.1 Å². The van der Waals surface area contributed by atoms with Gasteiger partial charge in [0.05, 0.1) is 17.5 Å². The van der Waals surface area contributed by atoms with E-state index in [0.29, 0.717) is 17.9 Å². The Morgan fingerprint density at radius 1 is 1.09 bits per heavy atom. The number of rotatable bonds is 6. The van der Waals surface area contributed by atoms with E-state index in [2.05, 4.69) is 10.3 Å². The van der Waals surface area contributed by atoms with E-state index in [1.807, 2.05) is 37.3 Å². The number of carboxylic acids is 1. The molecule has 2 heterocycles. The Labute approximate surface area is 189 Å². The Morgan fingerprint density at radius 2 is 1.82 bits per heavy atom. The number of carbonyl (C=O) groups excluding carboxylic acids is 1.